The minimum Gasteiger partial charge on any atom is -0.486 e. The minimum atomic E-state index is -0.101. The molecule has 3 rings (SSSR count). The van der Waals surface area contributed by atoms with E-state index < -0.39 is 0 Å². The first-order chi connectivity index (χ1) is 12.3. The standard InChI is InChI=1S/C19H21NO4S/c21-11-12-25-16-7-5-14(6-8-16)19(22)20-10-9-15-13-23-17-3-1-2-4-18(17)24-15/h1-8,15,21H,9-13H2,(H,20,22)/t15-/m0/s1. The van der Waals surface area contributed by atoms with Gasteiger partial charge in [-0.1, -0.05) is 12.1 Å². The highest BCUT2D eigenvalue weighted by Gasteiger charge is 2.20. The Balaban J connectivity index is 1.44. The number of benzene rings is 2. The Bertz CT molecular complexity index is 705. The molecule has 6 heteroatoms. The van der Waals surface area contributed by atoms with Gasteiger partial charge in [0.15, 0.2) is 11.5 Å². The van der Waals surface area contributed by atoms with E-state index in [2.05, 4.69) is 5.32 Å². The van der Waals surface area contributed by atoms with Gasteiger partial charge < -0.3 is 19.9 Å². The zero-order valence-corrected chi connectivity index (χ0v) is 14.6. The summed E-state index contributed by atoms with van der Waals surface area (Å²) in [6.45, 7) is 1.16. The van der Waals surface area contributed by atoms with Crippen LogP contribution in [0.5, 0.6) is 11.5 Å². The maximum absolute atomic E-state index is 12.2. The smallest absolute Gasteiger partial charge is 0.251 e. The van der Waals surface area contributed by atoms with Crippen molar-refractivity contribution in [3.63, 3.8) is 0 Å². The number of carbonyl (C=O) groups excluding carboxylic acids is 1. The molecule has 2 aromatic rings. The molecule has 1 amide bonds. The van der Waals surface area contributed by atoms with Crippen LogP contribution in [-0.4, -0.2) is 42.6 Å². The number of fused-ring (bicyclic) bond motifs is 1. The highest BCUT2D eigenvalue weighted by molar-refractivity contribution is 7.99. The number of hydrogen-bond acceptors (Lipinski definition) is 5. The summed E-state index contributed by atoms with van der Waals surface area (Å²) in [6.07, 6.45) is 0.622. The molecule has 0 spiro atoms. The second-order valence-corrected chi connectivity index (χ2v) is 6.81. The largest absolute Gasteiger partial charge is 0.486 e. The number of aliphatic hydroxyl groups is 1. The van der Waals surface area contributed by atoms with E-state index in [1.54, 1.807) is 23.9 Å². The van der Waals surface area contributed by atoms with Crippen LogP contribution < -0.4 is 14.8 Å². The molecule has 0 fully saturated rings. The fraction of sp³-hybridized carbons (Fsp3) is 0.316. The molecule has 1 heterocycles. The Morgan fingerprint density at radius 2 is 1.92 bits per heavy atom. The van der Waals surface area contributed by atoms with Crippen molar-refractivity contribution in [2.45, 2.75) is 17.4 Å². The van der Waals surface area contributed by atoms with E-state index >= 15 is 0 Å². The van der Waals surface area contributed by atoms with E-state index in [1.165, 1.54) is 0 Å². The SMILES string of the molecule is O=C(NCC[C@H]1COc2ccccc2O1)c1ccc(SCCO)cc1. The number of hydrogen-bond donors (Lipinski definition) is 2. The van der Waals surface area contributed by atoms with Crippen LogP contribution in [0, 0.1) is 0 Å². The van der Waals surface area contributed by atoms with Gasteiger partial charge >= 0.3 is 0 Å². The summed E-state index contributed by atoms with van der Waals surface area (Å²) in [4.78, 5) is 13.2. The Morgan fingerprint density at radius 1 is 1.16 bits per heavy atom. The summed E-state index contributed by atoms with van der Waals surface area (Å²) in [7, 11) is 0. The van der Waals surface area contributed by atoms with E-state index in [0.29, 0.717) is 30.9 Å². The van der Waals surface area contributed by atoms with Gasteiger partial charge in [0.05, 0.1) is 6.61 Å². The second-order valence-electron chi connectivity index (χ2n) is 5.64. The quantitative estimate of drug-likeness (QED) is 0.744. The van der Waals surface area contributed by atoms with Gasteiger partial charge in [-0.3, -0.25) is 4.79 Å². The average molecular weight is 359 g/mol. The van der Waals surface area contributed by atoms with Crippen molar-refractivity contribution in [3.05, 3.63) is 54.1 Å². The number of amides is 1. The highest BCUT2D eigenvalue weighted by atomic mass is 32.2. The van der Waals surface area contributed by atoms with Gasteiger partial charge in [0, 0.05) is 29.2 Å². The van der Waals surface area contributed by atoms with Gasteiger partial charge in [0.1, 0.15) is 12.7 Å². The fourth-order valence-corrected chi connectivity index (χ4v) is 3.18. The predicted octanol–water partition coefficient (Wildman–Crippen LogP) is 2.73. The van der Waals surface area contributed by atoms with Crippen LogP contribution in [0.3, 0.4) is 0 Å². The molecule has 1 aliphatic rings. The van der Waals surface area contributed by atoms with Crippen LogP contribution in [0.1, 0.15) is 16.8 Å². The van der Waals surface area contributed by atoms with Gasteiger partial charge in [0.2, 0.25) is 0 Å². The zero-order valence-electron chi connectivity index (χ0n) is 13.8. The topological polar surface area (TPSA) is 67.8 Å². The van der Waals surface area contributed by atoms with Crippen LogP contribution in [0.4, 0.5) is 0 Å². The molecule has 0 saturated carbocycles. The zero-order chi connectivity index (χ0) is 17.5. The third-order valence-electron chi connectivity index (χ3n) is 3.80. The molecule has 2 N–H and O–H groups in total. The highest BCUT2D eigenvalue weighted by Crippen LogP contribution is 2.31. The summed E-state index contributed by atoms with van der Waals surface area (Å²) in [5, 5.41) is 11.7. The van der Waals surface area contributed by atoms with Gasteiger partial charge in [-0.15, -0.1) is 11.8 Å². The van der Waals surface area contributed by atoms with Crippen LogP contribution in [0.15, 0.2) is 53.4 Å². The van der Waals surface area contributed by atoms with Gasteiger partial charge in [-0.25, -0.2) is 0 Å². The van der Waals surface area contributed by atoms with Crippen LogP contribution in [0.25, 0.3) is 0 Å². The second kappa shape index (κ2) is 8.78. The number of para-hydroxylation sites is 2. The molecule has 1 atom stereocenters. The Kier molecular flexibility index (Phi) is 6.19. The van der Waals surface area contributed by atoms with Gasteiger partial charge in [-0.2, -0.15) is 0 Å². The van der Waals surface area contributed by atoms with Crippen molar-refractivity contribution in [1.29, 1.82) is 0 Å². The first-order valence-electron chi connectivity index (χ1n) is 8.26. The fourth-order valence-electron chi connectivity index (χ4n) is 2.52. The van der Waals surface area contributed by atoms with Crippen LogP contribution in [0.2, 0.25) is 0 Å². The van der Waals surface area contributed by atoms with E-state index in [1.807, 2.05) is 36.4 Å². The molecule has 5 nitrogen and oxygen atoms in total. The number of aliphatic hydroxyl groups excluding tert-OH is 1. The van der Waals surface area contributed by atoms with Crippen molar-refractivity contribution in [1.82, 2.24) is 5.32 Å². The molecule has 0 radical (unpaired) electrons. The average Bonchev–Trinajstić information content (AvgIpc) is 2.66. The molecular weight excluding hydrogens is 338 g/mol. The first kappa shape index (κ1) is 17.6. The molecule has 1 aliphatic heterocycles. The van der Waals surface area contributed by atoms with E-state index in [-0.39, 0.29) is 18.6 Å². The number of rotatable bonds is 7. The normalized spacial score (nSPS) is 15.6. The molecule has 0 aromatic heterocycles. The van der Waals surface area contributed by atoms with Crippen molar-refractivity contribution >= 4 is 17.7 Å². The third kappa shape index (κ3) is 4.90. The lowest BCUT2D eigenvalue weighted by atomic mass is 10.2. The molecular formula is C19H21NO4S. The van der Waals surface area contributed by atoms with Crippen molar-refractivity contribution in [2.24, 2.45) is 0 Å². The molecule has 0 bridgehead atoms. The predicted molar refractivity (Wildman–Crippen MR) is 97.6 cm³/mol. The Labute approximate surface area is 151 Å². The lowest BCUT2D eigenvalue weighted by molar-refractivity contribution is 0.0813. The summed E-state index contributed by atoms with van der Waals surface area (Å²) < 4.78 is 11.5. The summed E-state index contributed by atoms with van der Waals surface area (Å²) in [5.74, 6) is 2.07. The van der Waals surface area contributed by atoms with E-state index in [9.17, 15) is 4.79 Å². The molecule has 2 aromatic carbocycles. The summed E-state index contributed by atoms with van der Waals surface area (Å²) >= 11 is 1.56. The lowest BCUT2D eigenvalue weighted by Gasteiger charge is -2.26. The van der Waals surface area contributed by atoms with E-state index in [0.717, 1.165) is 16.4 Å². The number of nitrogens with one attached hydrogen (secondary N) is 1. The monoisotopic (exact) mass is 359 g/mol. The van der Waals surface area contributed by atoms with Gasteiger partial charge in [0.25, 0.3) is 5.91 Å². The first-order valence-corrected chi connectivity index (χ1v) is 9.25. The van der Waals surface area contributed by atoms with Crippen molar-refractivity contribution in [2.75, 3.05) is 25.5 Å². The number of thioether (sulfide) groups is 1. The molecule has 25 heavy (non-hydrogen) atoms. The Morgan fingerprint density at radius 3 is 2.68 bits per heavy atom. The van der Waals surface area contributed by atoms with Gasteiger partial charge in [-0.05, 0) is 36.4 Å². The number of ether oxygens (including phenoxy) is 2. The summed E-state index contributed by atoms with van der Waals surface area (Å²) in [5.41, 5.74) is 0.625. The lowest BCUT2D eigenvalue weighted by Crippen LogP contribution is -2.34. The maximum Gasteiger partial charge on any atom is 0.251 e. The Hall–Kier alpha value is -2.18. The van der Waals surface area contributed by atoms with E-state index in [4.69, 9.17) is 14.6 Å². The number of carbonyl (C=O) groups is 1. The molecule has 0 aliphatic carbocycles. The maximum atomic E-state index is 12.2. The molecule has 0 unspecified atom stereocenters. The third-order valence-corrected chi connectivity index (χ3v) is 4.79. The van der Waals surface area contributed by atoms with Crippen LogP contribution >= 0.6 is 11.8 Å². The molecule has 0 saturated heterocycles. The molecule has 132 valence electrons. The van der Waals surface area contributed by atoms with Crippen LogP contribution in [-0.2, 0) is 0 Å². The summed E-state index contributed by atoms with van der Waals surface area (Å²) in [6, 6.07) is 15.0. The minimum absolute atomic E-state index is 0.0625. The van der Waals surface area contributed by atoms with Crippen molar-refractivity contribution < 1.29 is 19.4 Å². The van der Waals surface area contributed by atoms with Crippen molar-refractivity contribution in [3.8, 4) is 11.5 Å².